The molecule has 0 aromatic heterocycles. The molecular weight excluding hydrogens is 238 g/mol. The number of carbonyl (C=O) groups excluding carboxylic acids is 1. The Morgan fingerprint density at radius 3 is 2.74 bits per heavy atom. The summed E-state index contributed by atoms with van der Waals surface area (Å²) in [6.45, 7) is 5.90. The van der Waals surface area contributed by atoms with Crippen LogP contribution in [0.1, 0.15) is 65.2 Å². The Hall–Kier alpha value is -0.570. The van der Waals surface area contributed by atoms with Gasteiger partial charge < -0.3 is 9.64 Å². The van der Waals surface area contributed by atoms with Crippen LogP contribution < -0.4 is 0 Å². The minimum absolute atomic E-state index is 0.0445. The molecular formula is C16H31NO2. The highest BCUT2D eigenvalue weighted by atomic mass is 16.5. The molecule has 1 rings (SSSR count). The standard InChI is InChI=1S/C16H31NO2/c1-4-19-16(18)11-6-5-7-12-17(3)15-10-8-9-14(2)13-15/h14-15H,4-13H2,1-3H3. The van der Waals surface area contributed by atoms with Gasteiger partial charge in [-0.05, 0) is 52.1 Å². The van der Waals surface area contributed by atoms with Crippen LogP contribution in [0.15, 0.2) is 0 Å². The van der Waals surface area contributed by atoms with Gasteiger partial charge in [0.1, 0.15) is 0 Å². The van der Waals surface area contributed by atoms with Gasteiger partial charge >= 0.3 is 5.97 Å². The molecule has 0 bridgehead atoms. The number of esters is 1. The van der Waals surface area contributed by atoms with Crippen LogP contribution in [0, 0.1) is 5.92 Å². The predicted molar refractivity (Wildman–Crippen MR) is 79.2 cm³/mol. The van der Waals surface area contributed by atoms with Crippen LogP contribution in [0.5, 0.6) is 0 Å². The van der Waals surface area contributed by atoms with Crippen LogP contribution >= 0.6 is 0 Å². The minimum Gasteiger partial charge on any atom is -0.466 e. The largest absolute Gasteiger partial charge is 0.466 e. The number of unbranched alkanes of at least 4 members (excludes halogenated alkanes) is 2. The molecule has 19 heavy (non-hydrogen) atoms. The molecule has 3 nitrogen and oxygen atoms in total. The van der Waals surface area contributed by atoms with Gasteiger partial charge in [0, 0.05) is 12.5 Å². The molecule has 3 heteroatoms. The van der Waals surface area contributed by atoms with E-state index in [1.165, 1.54) is 38.6 Å². The van der Waals surface area contributed by atoms with E-state index < -0.39 is 0 Å². The molecule has 0 radical (unpaired) electrons. The number of ether oxygens (including phenoxy) is 1. The van der Waals surface area contributed by atoms with Crippen molar-refractivity contribution in [3.8, 4) is 0 Å². The molecule has 0 aromatic rings. The molecule has 112 valence electrons. The summed E-state index contributed by atoms with van der Waals surface area (Å²) >= 11 is 0. The molecule has 2 atom stereocenters. The van der Waals surface area contributed by atoms with Crippen molar-refractivity contribution in [3.63, 3.8) is 0 Å². The Balaban J connectivity index is 2.03. The van der Waals surface area contributed by atoms with Crippen molar-refractivity contribution in [2.75, 3.05) is 20.2 Å². The molecule has 0 amide bonds. The number of hydrogen-bond acceptors (Lipinski definition) is 3. The second-order valence-corrected chi connectivity index (χ2v) is 6.02. The van der Waals surface area contributed by atoms with E-state index in [0.29, 0.717) is 13.0 Å². The van der Waals surface area contributed by atoms with E-state index >= 15 is 0 Å². The summed E-state index contributed by atoms with van der Waals surface area (Å²) in [5.41, 5.74) is 0. The van der Waals surface area contributed by atoms with Gasteiger partial charge in [-0.2, -0.15) is 0 Å². The normalized spacial score (nSPS) is 23.6. The highest BCUT2D eigenvalue weighted by molar-refractivity contribution is 5.69. The maximum Gasteiger partial charge on any atom is 0.305 e. The Bertz CT molecular complexity index is 255. The first-order valence-electron chi connectivity index (χ1n) is 7.99. The van der Waals surface area contributed by atoms with E-state index in [9.17, 15) is 4.79 Å². The fraction of sp³-hybridized carbons (Fsp3) is 0.938. The summed E-state index contributed by atoms with van der Waals surface area (Å²) in [7, 11) is 2.26. The summed E-state index contributed by atoms with van der Waals surface area (Å²) in [5, 5.41) is 0. The maximum absolute atomic E-state index is 11.2. The summed E-state index contributed by atoms with van der Waals surface area (Å²) in [6.07, 6.45) is 9.39. The fourth-order valence-corrected chi connectivity index (χ4v) is 3.03. The van der Waals surface area contributed by atoms with E-state index in [0.717, 1.165) is 24.8 Å². The molecule has 0 spiro atoms. The first kappa shape index (κ1) is 16.5. The van der Waals surface area contributed by atoms with Crippen molar-refractivity contribution < 1.29 is 9.53 Å². The Kier molecular flexibility index (Phi) is 8.11. The molecule has 1 saturated carbocycles. The Morgan fingerprint density at radius 2 is 2.05 bits per heavy atom. The van der Waals surface area contributed by atoms with Gasteiger partial charge in [0.25, 0.3) is 0 Å². The lowest BCUT2D eigenvalue weighted by Gasteiger charge is -2.34. The quantitative estimate of drug-likeness (QED) is 0.498. The van der Waals surface area contributed by atoms with Crippen molar-refractivity contribution in [2.45, 2.75) is 71.3 Å². The van der Waals surface area contributed by atoms with Gasteiger partial charge in [-0.25, -0.2) is 0 Å². The van der Waals surface area contributed by atoms with Crippen molar-refractivity contribution in [2.24, 2.45) is 5.92 Å². The van der Waals surface area contributed by atoms with Crippen LogP contribution in [-0.2, 0) is 9.53 Å². The molecule has 1 fully saturated rings. The summed E-state index contributed by atoms with van der Waals surface area (Å²) in [6, 6.07) is 0.786. The van der Waals surface area contributed by atoms with Crippen LogP contribution in [0.2, 0.25) is 0 Å². The van der Waals surface area contributed by atoms with E-state index in [2.05, 4.69) is 18.9 Å². The second kappa shape index (κ2) is 9.35. The van der Waals surface area contributed by atoms with Crippen molar-refractivity contribution in [3.05, 3.63) is 0 Å². The van der Waals surface area contributed by atoms with Crippen molar-refractivity contribution >= 4 is 5.97 Å². The van der Waals surface area contributed by atoms with Gasteiger partial charge in [0.2, 0.25) is 0 Å². The lowest BCUT2D eigenvalue weighted by molar-refractivity contribution is -0.143. The number of rotatable bonds is 8. The molecule has 1 aliphatic rings. The van der Waals surface area contributed by atoms with E-state index in [-0.39, 0.29) is 5.97 Å². The summed E-state index contributed by atoms with van der Waals surface area (Å²) < 4.78 is 4.93. The van der Waals surface area contributed by atoms with Crippen LogP contribution in [0.4, 0.5) is 0 Å². The summed E-state index contributed by atoms with van der Waals surface area (Å²) in [4.78, 5) is 13.7. The van der Waals surface area contributed by atoms with Gasteiger partial charge in [-0.3, -0.25) is 4.79 Å². The number of hydrogen-bond donors (Lipinski definition) is 0. The highest BCUT2D eigenvalue weighted by Crippen LogP contribution is 2.26. The van der Waals surface area contributed by atoms with E-state index in [1.54, 1.807) is 0 Å². The monoisotopic (exact) mass is 269 g/mol. The Morgan fingerprint density at radius 1 is 1.26 bits per heavy atom. The van der Waals surface area contributed by atoms with Crippen LogP contribution in [0.25, 0.3) is 0 Å². The first-order valence-corrected chi connectivity index (χ1v) is 7.99. The van der Waals surface area contributed by atoms with Gasteiger partial charge in [-0.15, -0.1) is 0 Å². The second-order valence-electron chi connectivity index (χ2n) is 6.02. The lowest BCUT2D eigenvalue weighted by Crippen LogP contribution is -2.36. The average molecular weight is 269 g/mol. The molecule has 0 N–H and O–H groups in total. The van der Waals surface area contributed by atoms with Crippen molar-refractivity contribution in [1.29, 1.82) is 0 Å². The van der Waals surface area contributed by atoms with Crippen LogP contribution in [0.3, 0.4) is 0 Å². The van der Waals surface area contributed by atoms with Crippen LogP contribution in [-0.4, -0.2) is 37.1 Å². The minimum atomic E-state index is -0.0445. The maximum atomic E-state index is 11.2. The molecule has 0 aromatic carbocycles. The zero-order chi connectivity index (χ0) is 14.1. The van der Waals surface area contributed by atoms with E-state index in [4.69, 9.17) is 4.74 Å². The number of nitrogens with zero attached hydrogens (tertiary/aromatic N) is 1. The fourth-order valence-electron chi connectivity index (χ4n) is 3.03. The SMILES string of the molecule is CCOC(=O)CCCCCN(C)C1CCCC(C)C1. The zero-order valence-electron chi connectivity index (χ0n) is 13.0. The topological polar surface area (TPSA) is 29.5 Å². The summed E-state index contributed by atoms with van der Waals surface area (Å²) in [5.74, 6) is 0.849. The average Bonchev–Trinajstić information content (AvgIpc) is 2.38. The van der Waals surface area contributed by atoms with Crippen molar-refractivity contribution in [1.82, 2.24) is 4.90 Å². The Labute approximate surface area is 118 Å². The predicted octanol–water partition coefficient (Wildman–Crippen LogP) is 3.62. The highest BCUT2D eigenvalue weighted by Gasteiger charge is 2.21. The molecule has 0 saturated heterocycles. The smallest absolute Gasteiger partial charge is 0.305 e. The van der Waals surface area contributed by atoms with Gasteiger partial charge in [0.05, 0.1) is 6.61 Å². The van der Waals surface area contributed by atoms with E-state index in [1.807, 2.05) is 6.92 Å². The van der Waals surface area contributed by atoms with Gasteiger partial charge in [0.15, 0.2) is 0 Å². The first-order chi connectivity index (χ1) is 9.13. The third-order valence-corrected chi connectivity index (χ3v) is 4.23. The molecule has 2 unspecified atom stereocenters. The third kappa shape index (κ3) is 6.95. The molecule has 1 aliphatic carbocycles. The third-order valence-electron chi connectivity index (χ3n) is 4.23. The zero-order valence-corrected chi connectivity index (χ0v) is 13.0. The van der Waals surface area contributed by atoms with Gasteiger partial charge in [-0.1, -0.05) is 26.2 Å². The molecule has 0 aliphatic heterocycles. The molecule has 0 heterocycles. The number of carbonyl (C=O) groups is 1. The lowest BCUT2D eigenvalue weighted by atomic mass is 9.86.